The average Bonchev–Trinajstić information content (AvgIpc) is 2.63. The van der Waals surface area contributed by atoms with Gasteiger partial charge in [-0.15, -0.1) is 0 Å². The fourth-order valence-corrected chi connectivity index (χ4v) is 2.85. The molecule has 0 radical (unpaired) electrons. The molecule has 2 rings (SSSR count). The molecule has 2 aromatic carbocycles. The van der Waals surface area contributed by atoms with E-state index < -0.39 is 0 Å². The van der Waals surface area contributed by atoms with Crippen molar-refractivity contribution < 1.29 is 18.9 Å². The Labute approximate surface area is 159 Å². The molecule has 0 heterocycles. The van der Waals surface area contributed by atoms with Crippen LogP contribution in [0.3, 0.4) is 0 Å². The number of halogens is 1. The van der Waals surface area contributed by atoms with E-state index in [2.05, 4.69) is 10.6 Å². The van der Waals surface area contributed by atoms with Gasteiger partial charge in [-0.25, -0.2) is 4.39 Å². The van der Waals surface area contributed by atoms with Crippen LogP contribution in [0.5, 0.6) is 0 Å². The summed E-state index contributed by atoms with van der Waals surface area (Å²) >= 11 is 0. The zero-order chi connectivity index (χ0) is 19.6. The zero-order valence-corrected chi connectivity index (χ0v) is 15.8. The van der Waals surface area contributed by atoms with Crippen molar-refractivity contribution in [3.8, 4) is 0 Å². The summed E-state index contributed by atoms with van der Waals surface area (Å²) in [7, 11) is 0. The first-order valence-electron chi connectivity index (χ1n) is 9.18. The Bertz CT molecular complexity index is 780. The number of quaternary nitrogens is 1. The number of carbonyl (C=O) groups is 2. The van der Waals surface area contributed by atoms with E-state index in [-0.39, 0.29) is 37.3 Å². The molecule has 0 aliphatic rings. The minimum Gasteiger partial charge on any atom is -0.347 e. The molecule has 0 spiro atoms. The first kappa shape index (κ1) is 20.6. The fourth-order valence-electron chi connectivity index (χ4n) is 2.85. The maximum absolute atomic E-state index is 13.6. The van der Waals surface area contributed by atoms with Gasteiger partial charge in [0.05, 0.1) is 6.54 Å². The Morgan fingerprint density at radius 2 is 1.67 bits per heavy atom. The molecule has 5 nitrogen and oxygen atoms in total. The summed E-state index contributed by atoms with van der Waals surface area (Å²) < 4.78 is 13.6. The van der Waals surface area contributed by atoms with E-state index in [1.807, 2.05) is 38.1 Å². The molecule has 144 valence electrons. The highest BCUT2D eigenvalue weighted by molar-refractivity contribution is 5.92. The number of amides is 2. The molecule has 1 unspecified atom stereocenters. The number of aryl methyl sites for hydroxylation is 1. The van der Waals surface area contributed by atoms with Crippen LogP contribution in [0.25, 0.3) is 0 Å². The highest BCUT2D eigenvalue weighted by Gasteiger charge is 2.18. The molecule has 1 atom stereocenters. The molecule has 0 aliphatic carbocycles. The van der Waals surface area contributed by atoms with Gasteiger partial charge in [-0.3, -0.25) is 9.59 Å². The van der Waals surface area contributed by atoms with Gasteiger partial charge in [-0.1, -0.05) is 43.3 Å². The van der Waals surface area contributed by atoms with E-state index in [0.29, 0.717) is 12.1 Å². The highest BCUT2D eigenvalue weighted by atomic mass is 19.1. The summed E-state index contributed by atoms with van der Waals surface area (Å²) in [4.78, 5) is 25.4. The van der Waals surface area contributed by atoms with E-state index in [9.17, 15) is 14.0 Å². The molecule has 2 aromatic rings. The van der Waals surface area contributed by atoms with Crippen LogP contribution in [0.2, 0.25) is 0 Å². The number of para-hydroxylation sites is 1. The number of hydrogen-bond acceptors (Lipinski definition) is 2. The molecular formula is C21H27FN3O2+. The van der Waals surface area contributed by atoms with Gasteiger partial charge < -0.3 is 15.5 Å². The van der Waals surface area contributed by atoms with Crippen LogP contribution in [0.1, 0.15) is 24.5 Å². The summed E-state index contributed by atoms with van der Waals surface area (Å²) in [6, 6.07) is 13.9. The molecule has 27 heavy (non-hydrogen) atoms. The standard InChI is InChI=1S/C21H26FN3O2/c1-3-12-25(15-21(27)24-19-11-7-4-8-16(19)2)14-20(26)23-13-17-9-5-6-10-18(17)22/h4-11H,3,12-15H2,1-2H3,(H,23,26)(H,24,27)/p+1. The molecule has 2 amide bonds. The summed E-state index contributed by atoms with van der Waals surface area (Å²) in [6.45, 7) is 5.16. The van der Waals surface area contributed by atoms with Gasteiger partial charge in [-0.2, -0.15) is 0 Å². The summed E-state index contributed by atoms with van der Waals surface area (Å²) in [6.07, 6.45) is 0.855. The van der Waals surface area contributed by atoms with Crippen LogP contribution in [-0.2, 0) is 16.1 Å². The van der Waals surface area contributed by atoms with E-state index >= 15 is 0 Å². The lowest BCUT2D eigenvalue weighted by Crippen LogP contribution is -3.14. The second-order valence-corrected chi connectivity index (χ2v) is 6.58. The predicted molar refractivity (Wildman–Crippen MR) is 104 cm³/mol. The van der Waals surface area contributed by atoms with Crippen molar-refractivity contribution in [3.05, 3.63) is 65.5 Å². The highest BCUT2D eigenvalue weighted by Crippen LogP contribution is 2.12. The third-order valence-electron chi connectivity index (χ3n) is 4.28. The first-order valence-corrected chi connectivity index (χ1v) is 9.18. The van der Waals surface area contributed by atoms with Crippen molar-refractivity contribution in [2.45, 2.75) is 26.8 Å². The summed E-state index contributed by atoms with van der Waals surface area (Å²) in [5.74, 6) is -0.673. The van der Waals surface area contributed by atoms with Crippen LogP contribution in [0, 0.1) is 12.7 Å². The molecule has 0 aliphatic heterocycles. The molecule has 0 saturated heterocycles. The van der Waals surface area contributed by atoms with E-state index in [0.717, 1.165) is 22.6 Å². The van der Waals surface area contributed by atoms with Gasteiger partial charge in [0, 0.05) is 17.8 Å². The number of nitrogens with one attached hydrogen (secondary N) is 3. The normalized spacial score (nSPS) is 11.7. The number of rotatable bonds is 9. The van der Waals surface area contributed by atoms with E-state index in [4.69, 9.17) is 0 Å². The maximum atomic E-state index is 13.6. The zero-order valence-electron chi connectivity index (χ0n) is 15.8. The third kappa shape index (κ3) is 6.83. The smallest absolute Gasteiger partial charge is 0.279 e. The quantitative estimate of drug-likeness (QED) is 0.627. The van der Waals surface area contributed by atoms with Crippen LogP contribution < -0.4 is 15.5 Å². The van der Waals surface area contributed by atoms with Crippen LogP contribution >= 0.6 is 0 Å². The summed E-state index contributed by atoms with van der Waals surface area (Å²) in [5.41, 5.74) is 2.22. The minimum atomic E-state index is -0.340. The van der Waals surface area contributed by atoms with Crippen molar-refractivity contribution >= 4 is 17.5 Å². The predicted octanol–water partition coefficient (Wildman–Crippen LogP) is 1.68. The first-order chi connectivity index (χ1) is 13.0. The lowest BCUT2D eigenvalue weighted by atomic mass is 10.2. The van der Waals surface area contributed by atoms with Gasteiger partial charge in [0.25, 0.3) is 11.8 Å². The van der Waals surface area contributed by atoms with Crippen molar-refractivity contribution in [3.63, 3.8) is 0 Å². The molecule has 0 fully saturated rings. The van der Waals surface area contributed by atoms with Crippen LogP contribution in [0.15, 0.2) is 48.5 Å². The molecule has 0 saturated carbocycles. The molecule has 3 N–H and O–H groups in total. The Hall–Kier alpha value is -2.73. The minimum absolute atomic E-state index is 0.130. The largest absolute Gasteiger partial charge is 0.347 e. The molecule has 0 aromatic heterocycles. The molecule has 0 bridgehead atoms. The Kier molecular flexibility index (Phi) is 7.95. The monoisotopic (exact) mass is 372 g/mol. The number of benzene rings is 2. The van der Waals surface area contributed by atoms with Crippen LogP contribution in [0.4, 0.5) is 10.1 Å². The summed E-state index contributed by atoms with van der Waals surface area (Å²) in [5, 5.41) is 5.63. The van der Waals surface area contributed by atoms with Gasteiger partial charge in [0.15, 0.2) is 13.1 Å². The van der Waals surface area contributed by atoms with Gasteiger partial charge in [0.2, 0.25) is 0 Å². The SMILES string of the molecule is CCC[NH+](CC(=O)NCc1ccccc1F)CC(=O)Nc1ccccc1C. The number of anilines is 1. The van der Waals surface area contributed by atoms with E-state index in [1.54, 1.807) is 18.2 Å². The van der Waals surface area contributed by atoms with E-state index in [1.165, 1.54) is 6.07 Å². The molecule has 6 heteroatoms. The second kappa shape index (κ2) is 10.4. The topological polar surface area (TPSA) is 62.6 Å². The van der Waals surface area contributed by atoms with Crippen molar-refractivity contribution in [1.29, 1.82) is 0 Å². The third-order valence-corrected chi connectivity index (χ3v) is 4.28. The van der Waals surface area contributed by atoms with Crippen molar-refractivity contribution in [1.82, 2.24) is 5.32 Å². The maximum Gasteiger partial charge on any atom is 0.279 e. The van der Waals surface area contributed by atoms with Gasteiger partial charge in [-0.05, 0) is 31.0 Å². The van der Waals surface area contributed by atoms with Crippen LogP contribution in [-0.4, -0.2) is 31.4 Å². The Morgan fingerprint density at radius 1 is 1.00 bits per heavy atom. The average molecular weight is 372 g/mol. The Balaban J connectivity index is 1.86. The van der Waals surface area contributed by atoms with Gasteiger partial charge >= 0.3 is 0 Å². The fraction of sp³-hybridized carbons (Fsp3) is 0.333. The van der Waals surface area contributed by atoms with Crippen molar-refractivity contribution in [2.75, 3.05) is 25.0 Å². The second-order valence-electron chi connectivity index (χ2n) is 6.58. The van der Waals surface area contributed by atoms with Gasteiger partial charge in [0.1, 0.15) is 5.82 Å². The lowest BCUT2D eigenvalue weighted by molar-refractivity contribution is -0.883. The lowest BCUT2D eigenvalue weighted by Gasteiger charge is -2.18. The number of hydrogen-bond donors (Lipinski definition) is 3. The Morgan fingerprint density at radius 3 is 2.37 bits per heavy atom. The number of carbonyl (C=O) groups excluding carboxylic acids is 2. The molecular weight excluding hydrogens is 345 g/mol. The van der Waals surface area contributed by atoms with Crippen molar-refractivity contribution in [2.24, 2.45) is 0 Å².